The first kappa shape index (κ1) is 16.7. The number of amides is 3. The van der Waals surface area contributed by atoms with Crippen LogP contribution in [-0.2, 0) is 13.8 Å². The number of ether oxygens (including phenoxy) is 1. The van der Waals surface area contributed by atoms with E-state index in [0.717, 1.165) is 0 Å². The molecule has 0 aliphatic rings. The Morgan fingerprint density at radius 3 is 2.55 bits per heavy atom. The Bertz CT molecular complexity index is 649. The number of nitrogens with two attached hydrogens (primary N) is 1. The lowest BCUT2D eigenvalue weighted by molar-refractivity contribution is -0.126. The lowest BCUT2D eigenvalue weighted by atomic mass is 10.3. The highest BCUT2D eigenvalue weighted by atomic mass is 79.9. The first-order chi connectivity index (χ1) is 9.11. The Hall–Kier alpha value is -1.32. The van der Waals surface area contributed by atoms with Crippen LogP contribution in [0, 0.1) is 0 Å². The van der Waals surface area contributed by atoms with Gasteiger partial charge in [-0.1, -0.05) is 15.9 Å². The Morgan fingerprint density at radius 1 is 1.45 bits per heavy atom. The van der Waals surface area contributed by atoms with Gasteiger partial charge in [-0.15, -0.1) is 0 Å². The van der Waals surface area contributed by atoms with Gasteiger partial charge < -0.3 is 10.5 Å². The van der Waals surface area contributed by atoms with Crippen LogP contribution in [0.4, 0.5) is 4.79 Å². The van der Waals surface area contributed by atoms with E-state index >= 15 is 0 Å². The molecule has 0 fully saturated rings. The normalized spacial score (nSPS) is 12.6. The second-order valence-corrected chi connectivity index (χ2v) is 7.09. The van der Waals surface area contributed by atoms with Crippen molar-refractivity contribution < 1.29 is 22.7 Å². The molecule has 0 aliphatic carbocycles. The van der Waals surface area contributed by atoms with Gasteiger partial charge in [0.25, 0.3) is 15.0 Å². The predicted molar refractivity (Wildman–Crippen MR) is 75.0 cm³/mol. The standard InChI is InChI=1S/C10H10BrClN2O5S/c1-5(9(15)14-10(13)16)19-7-3-2-6(11)4-8(7)20(12,17)18/h2-5H,1H3,(H3,13,14,15,16). The summed E-state index contributed by atoms with van der Waals surface area (Å²) in [5.41, 5.74) is 4.79. The average molecular weight is 386 g/mol. The molecule has 0 aromatic heterocycles. The molecule has 0 heterocycles. The van der Waals surface area contributed by atoms with Gasteiger partial charge in [0.1, 0.15) is 10.6 Å². The number of rotatable bonds is 4. The first-order valence-electron chi connectivity index (χ1n) is 5.12. The molecule has 0 bridgehead atoms. The molecule has 0 saturated heterocycles. The van der Waals surface area contributed by atoms with Crippen molar-refractivity contribution >= 4 is 47.6 Å². The Balaban J connectivity index is 3.04. The Morgan fingerprint density at radius 2 is 2.05 bits per heavy atom. The molecule has 1 aromatic rings. The van der Waals surface area contributed by atoms with Crippen molar-refractivity contribution in [3.63, 3.8) is 0 Å². The molecule has 0 spiro atoms. The van der Waals surface area contributed by atoms with E-state index in [9.17, 15) is 18.0 Å². The van der Waals surface area contributed by atoms with E-state index in [-0.39, 0.29) is 10.6 Å². The highest BCUT2D eigenvalue weighted by Crippen LogP contribution is 2.30. The predicted octanol–water partition coefficient (Wildman–Crippen LogP) is 1.34. The lowest BCUT2D eigenvalue weighted by Crippen LogP contribution is -2.42. The summed E-state index contributed by atoms with van der Waals surface area (Å²) in [6.45, 7) is 1.32. The molecule has 0 saturated carbocycles. The van der Waals surface area contributed by atoms with E-state index in [0.29, 0.717) is 4.47 Å². The van der Waals surface area contributed by atoms with Crippen molar-refractivity contribution in [2.24, 2.45) is 5.73 Å². The fraction of sp³-hybridized carbons (Fsp3) is 0.200. The molecule has 0 radical (unpaired) electrons. The smallest absolute Gasteiger partial charge is 0.318 e. The molecule has 3 amide bonds. The van der Waals surface area contributed by atoms with Crippen molar-refractivity contribution in [3.8, 4) is 5.75 Å². The average Bonchev–Trinajstić information content (AvgIpc) is 2.29. The quantitative estimate of drug-likeness (QED) is 0.759. The van der Waals surface area contributed by atoms with Gasteiger partial charge in [-0.2, -0.15) is 0 Å². The summed E-state index contributed by atoms with van der Waals surface area (Å²) in [4.78, 5) is 21.7. The Kier molecular flexibility index (Phi) is 5.37. The topological polar surface area (TPSA) is 116 Å². The molecule has 1 rings (SSSR count). The minimum absolute atomic E-state index is 0.115. The van der Waals surface area contributed by atoms with Crippen LogP contribution in [0.25, 0.3) is 0 Å². The summed E-state index contributed by atoms with van der Waals surface area (Å²) in [6.07, 6.45) is -1.14. The second-order valence-electron chi connectivity index (χ2n) is 3.64. The summed E-state index contributed by atoms with van der Waals surface area (Å²) in [7, 11) is 1.22. The lowest BCUT2D eigenvalue weighted by Gasteiger charge is -2.15. The minimum atomic E-state index is -4.06. The number of urea groups is 1. The third kappa shape index (κ3) is 4.66. The van der Waals surface area contributed by atoms with Gasteiger partial charge in [0.05, 0.1) is 0 Å². The maximum Gasteiger partial charge on any atom is 0.318 e. The van der Waals surface area contributed by atoms with Crippen molar-refractivity contribution in [2.45, 2.75) is 17.9 Å². The van der Waals surface area contributed by atoms with E-state index in [4.69, 9.17) is 21.2 Å². The van der Waals surface area contributed by atoms with Gasteiger partial charge >= 0.3 is 6.03 Å². The van der Waals surface area contributed by atoms with Crippen LogP contribution in [0.1, 0.15) is 6.92 Å². The van der Waals surface area contributed by atoms with Crippen LogP contribution < -0.4 is 15.8 Å². The van der Waals surface area contributed by atoms with Gasteiger partial charge in [-0.05, 0) is 25.1 Å². The molecular formula is C10H10BrClN2O5S. The fourth-order valence-electron chi connectivity index (χ4n) is 1.24. The molecule has 20 heavy (non-hydrogen) atoms. The highest BCUT2D eigenvalue weighted by Gasteiger charge is 2.22. The first-order valence-corrected chi connectivity index (χ1v) is 8.22. The zero-order chi connectivity index (χ0) is 15.5. The number of primary amides is 1. The van der Waals surface area contributed by atoms with Crippen LogP contribution in [0.15, 0.2) is 27.6 Å². The summed E-state index contributed by atoms with van der Waals surface area (Å²) in [6, 6.07) is 3.04. The van der Waals surface area contributed by atoms with Gasteiger partial charge in [-0.25, -0.2) is 13.2 Å². The van der Waals surface area contributed by atoms with Gasteiger partial charge in [-0.3, -0.25) is 10.1 Å². The highest BCUT2D eigenvalue weighted by molar-refractivity contribution is 9.10. The summed E-state index contributed by atoms with van der Waals surface area (Å²) < 4.78 is 28.5. The summed E-state index contributed by atoms with van der Waals surface area (Å²) >= 11 is 3.10. The molecule has 1 atom stereocenters. The number of benzene rings is 1. The fourth-order valence-corrected chi connectivity index (χ4v) is 2.74. The van der Waals surface area contributed by atoms with Gasteiger partial charge in [0.2, 0.25) is 0 Å². The van der Waals surface area contributed by atoms with Crippen LogP contribution in [0.2, 0.25) is 0 Å². The SMILES string of the molecule is CC(Oc1ccc(Br)cc1S(=O)(=O)Cl)C(=O)NC(N)=O. The van der Waals surface area contributed by atoms with Crippen LogP contribution in [0.3, 0.4) is 0 Å². The largest absolute Gasteiger partial charge is 0.479 e. The van der Waals surface area contributed by atoms with Crippen molar-refractivity contribution in [1.82, 2.24) is 5.32 Å². The zero-order valence-electron chi connectivity index (χ0n) is 10.1. The van der Waals surface area contributed by atoms with Crippen LogP contribution in [0.5, 0.6) is 5.75 Å². The van der Waals surface area contributed by atoms with E-state index in [1.165, 1.54) is 25.1 Å². The number of carbonyl (C=O) groups is 2. The number of hydrogen-bond acceptors (Lipinski definition) is 5. The number of carbonyl (C=O) groups excluding carboxylic acids is 2. The summed E-state index contributed by atoms with van der Waals surface area (Å²) in [5.74, 6) is -0.923. The third-order valence-corrected chi connectivity index (χ3v) is 3.92. The van der Waals surface area contributed by atoms with E-state index in [1.807, 2.05) is 5.32 Å². The zero-order valence-corrected chi connectivity index (χ0v) is 13.3. The molecule has 1 aromatic carbocycles. The Labute approximate surface area is 128 Å². The molecule has 110 valence electrons. The number of imide groups is 1. The maximum absolute atomic E-state index is 11.5. The van der Waals surface area contributed by atoms with Crippen molar-refractivity contribution in [3.05, 3.63) is 22.7 Å². The second kappa shape index (κ2) is 6.42. The maximum atomic E-state index is 11.5. The minimum Gasteiger partial charge on any atom is -0.479 e. The number of nitrogens with one attached hydrogen (secondary N) is 1. The van der Waals surface area contributed by atoms with Crippen LogP contribution in [-0.4, -0.2) is 26.5 Å². The van der Waals surface area contributed by atoms with E-state index in [1.54, 1.807) is 0 Å². The number of hydrogen-bond donors (Lipinski definition) is 2. The van der Waals surface area contributed by atoms with Gasteiger partial charge in [0.15, 0.2) is 6.10 Å². The molecule has 0 aliphatic heterocycles. The van der Waals surface area contributed by atoms with E-state index < -0.39 is 27.1 Å². The van der Waals surface area contributed by atoms with Crippen molar-refractivity contribution in [2.75, 3.05) is 0 Å². The molecule has 3 N–H and O–H groups in total. The monoisotopic (exact) mass is 384 g/mol. The van der Waals surface area contributed by atoms with Crippen LogP contribution >= 0.6 is 26.6 Å². The van der Waals surface area contributed by atoms with Crippen molar-refractivity contribution in [1.29, 1.82) is 0 Å². The third-order valence-electron chi connectivity index (χ3n) is 2.09. The van der Waals surface area contributed by atoms with E-state index in [2.05, 4.69) is 15.9 Å². The molecule has 1 unspecified atom stereocenters. The molecule has 10 heteroatoms. The number of halogens is 2. The van der Waals surface area contributed by atoms with Gasteiger partial charge in [0, 0.05) is 15.2 Å². The molecular weight excluding hydrogens is 376 g/mol. The molecule has 7 nitrogen and oxygen atoms in total. The summed E-state index contributed by atoms with van der Waals surface area (Å²) in [5, 5.41) is 1.82.